The van der Waals surface area contributed by atoms with Crippen molar-refractivity contribution in [2.24, 2.45) is 0 Å². The van der Waals surface area contributed by atoms with E-state index in [9.17, 15) is 4.79 Å². The predicted octanol–water partition coefficient (Wildman–Crippen LogP) is 2.13. The molecule has 6 heteroatoms. The van der Waals surface area contributed by atoms with Crippen molar-refractivity contribution in [1.82, 2.24) is 14.9 Å². The third-order valence-corrected chi connectivity index (χ3v) is 5.30. The molecule has 1 aromatic heterocycles. The molecule has 2 aliphatic heterocycles. The average Bonchev–Trinajstić information content (AvgIpc) is 2.97. The van der Waals surface area contributed by atoms with Gasteiger partial charge in [-0.1, -0.05) is 18.2 Å². The average molecular weight is 351 g/mol. The Balaban J connectivity index is 1.64. The summed E-state index contributed by atoms with van der Waals surface area (Å²) in [6.45, 7) is 7.80. The van der Waals surface area contributed by atoms with E-state index >= 15 is 0 Å². The van der Waals surface area contributed by atoms with Crippen LogP contribution in [-0.2, 0) is 6.42 Å². The molecule has 2 aliphatic rings. The number of carbonyl (C=O) groups excluding carboxylic acids is 1. The van der Waals surface area contributed by atoms with Crippen molar-refractivity contribution >= 4 is 17.4 Å². The van der Waals surface area contributed by atoms with Gasteiger partial charge in [0.25, 0.3) is 5.91 Å². The van der Waals surface area contributed by atoms with Gasteiger partial charge in [0.2, 0.25) is 0 Å². The summed E-state index contributed by atoms with van der Waals surface area (Å²) in [5.74, 6) is 1.46. The molecule has 0 saturated carbocycles. The lowest BCUT2D eigenvalue weighted by molar-refractivity contribution is 0.0976. The lowest BCUT2D eigenvalue weighted by atomic mass is 10.1. The normalized spacial score (nSPS) is 20.3. The summed E-state index contributed by atoms with van der Waals surface area (Å²) in [5, 5.41) is 0. The van der Waals surface area contributed by atoms with Gasteiger partial charge in [0, 0.05) is 44.0 Å². The molecule has 1 amide bonds. The van der Waals surface area contributed by atoms with Gasteiger partial charge in [-0.25, -0.2) is 9.97 Å². The summed E-state index contributed by atoms with van der Waals surface area (Å²) >= 11 is 0. The molecule has 26 heavy (non-hydrogen) atoms. The number of anilines is 2. The first kappa shape index (κ1) is 17.0. The van der Waals surface area contributed by atoms with Crippen molar-refractivity contribution in [2.75, 3.05) is 43.0 Å². The summed E-state index contributed by atoms with van der Waals surface area (Å²) in [6, 6.07) is 10.1. The van der Waals surface area contributed by atoms with E-state index in [1.54, 1.807) is 0 Å². The molecule has 1 aromatic carbocycles. The number of aryl methyl sites for hydroxylation is 1. The molecule has 6 nitrogen and oxygen atoms in total. The summed E-state index contributed by atoms with van der Waals surface area (Å²) in [4.78, 5) is 28.7. The molecule has 1 atom stereocenters. The lowest BCUT2D eigenvalue weighted by Crippen LogP contribution is -2.45. The van der Waals surface area contributed by atoms with Crippen LogP contribution in [0.1, 0.15) is 28.8 Å². The zero-order valence-electron chi connectivity index (χ0n) is 15.6. The summed E-state index contributed by atoms with van der Waals surface area (Å²) < 4.78 is 0. The summed E-state index contributed by atoms with van der Waals surface area (Å²) in [7, 11) is 2.13. The van der Waals surface area contributed by atoms with E-state index in [1.807, 2.05) is 36.1 Å². The minimum atomic E-state index is -0.0386. The Labute approximate surface area is 154 Å². The SMILES string of the molecule is Cc1nc(C(=O)N2c3ccccc3CC2C)cc(N2CCN(C)CC2)n1. The topological polar surface area (TPSA) is 52.6 Å². The number of nitrogens with zero attached hydrogens (tertiary/aromatic N) is 5. The molecule has 1 saturated heterocycles. The zero-order chi connectivity index (χ0) is 18.3. The minimum Gasteiger partial charge on any atom is -0.354 e. The van der Waals surface area contributed by atoms with Crippen molar-refractivity contribution in [3.8, 4) is 0 Å². The highest BCUT2D eigenvalue weighted by molar-refractivity contribution is 6.06. The predicted molar refractivity (Wildman–Crippen MR) is 103 cm³/mol. The van der Waals surface area contributed by atoms with Gasteiger partial charge >= 0.3 is 0 Å². The van der Waals surface area contributed by atoms with Crippen LogP contribution in [0.25, 0.3) is 0 Å². The minimum absolute atomic E-state index is 0.0386. The number of fused-ring (bicyclic) bond motifs is 1. The quantitative estimate of drug-likeness (QED) is 0.830. The van der Waals surface area contributed by atoms with Crippen LogP contribution >= 0.6 is 0 Å². The van der Waals surface area contributed by atoms with Crippen LogP contribution in [0.5, 0.6) is 0 Å². The Morgan fingerprint density at radius 1 is 1.12 bits per heavy atom. The Morgan fingerprint density at radius 3 is 2.62 bits per heavy atom. The van der Waals surface area contributed by atoms with Crippen LogP contribution in [0, 0.1) is 6.92 Å². The first-order valence-corrected chi connectivity index (χ1v) is 9.23. The van der Waals surface area contributed by atoms with Gasteiger partial charge < -0.3 is 14.7 Å². The van der Waals surface area contributed by atoms with E-state index in [-0.39, 0.29) is 11.9 Å². The number of amides is 1. The van der Waals surface area contributed by atoms with Crippen molar-refractivity contribution in [3.63, 3.8) is 0 Å². The highest BCUT2D eigenvalue weighted by Gasteiger charge is 2.32. The molecule has 2 aromatic rings. The Kier molecular flexibility index (Phi) is 4.36. The monoisotopic (exact) mass is 351 g/mol. The van der Waals surface area contributed by atoms with Gasteiger partial charge in [0.05, 0.1) is 0 Å². The van der Waals surface area contributed by atoms with Crippen molar-refractivity contribution < 1.29 is 4.79 Å². The number of carbonyl (C=O) groups is 1. The zero-order valence-corrected chi connectivity index (χ0v) is 15.6. The largest absolute Gasteiger partial charge is 0.354 e. The van der Waals surface area contributed by atoms with Crippen LogP contribution in [0.4, 0.5) is 11.5 Å². The maximum atomic E-state index is 13.3. The second-order valence-corrected chi connectivity index (χ2v) is 7.31. The molecule has 0 aliphatic carbocycles. The van der Waals surface area contributed by atoms with Crippen LogP contribution in [0.2, 0.25) is 0 Å². The Bertz CT molecular complexity index is 829. The van der Waals surface area contributed by atoms with Crippen molar-refractivity contribution in [1.29, 1.82) is 0 Å². The molecular weight excluding hydrogens is 326 g/mol. The molecular formula is C20H25N5O. The highest BCUT2D eigenvalue weighted by atomic mass is 16.2. The molecule has 0 spiro atoms. The second kappa shape index (κ2) is 6.68. The van der Waals surface area contributed by atoms with E-state index in [2.05, 4.69) is 39.8 Å². The molecule has 1 fully saturated rings. The second-order valence-electron chi connectivity index (χ2n) is 7.31. The van der Waals surface area contributed by atoms with Gasteiger partial charge in [-0.15, -0.1) is 0 Å². The van der Waals surface area contributed by atoms with E-state index in [1.165, 1.54) is 5.56 Å². The number of piperazine rings is 1. The van der Waals surface area contributed by atoms with Crippen molar-refractivity contribution in [2.45, 2.75) is 26.3 Å². The fourth-order valence-corrected chi connectivity index (χ4v) is 3.86. The molecule has 0 bridgehead atoms. The number of aromatic nitrogens is 2. The van der Waals surface area contributed by atoms with Gasteiger partial charge in [0.1, 0.15) is 17.3 Å². The highest BCUT2D eigenvalue weighted by Crippen LogP contribution is 2.33. The Hall–Kier alpha value is -2.47. The number of likely N-dealkylation sites (N-methyl/N-ethyl adjacent to an activating group) is 1. The fourth-order valence-electron chi connectivity index (χ4n) is 3.86. The summed E-state index contributed by atoms with van der Waals surface area (Å²) in [5.41, 5.74) is 2.70. The molecule has 136 valence electrons. The number of rotatable bonds is 2. The van der Waals surface area contributed by atoms with Crippen molar-refractivity contribution in [3.05, 3.63) is 47.4 Å². The fraction of sp³-hybridized carbons (Fsp3) is 0.450. The van der Waals surface area contributed by atoms with Gasteiger partial charge in [-0.05, 0) is 38.9 Å². The first-order chi connectivity index (χ1) is 12.5. The lowest BCUT2D eigenvalue weighted by Gasteiger charge is -2.33. The molecule has 0 N–H and O–H groups in total. The first-order valence-electron chi connectivity index (χ1n) is 9.23. The van der Waals surface area contributed by atoms with Crippen LogP contribution in [0.15, 0.2) is 30.3 Å². The number of hydrogen-bond acceptors (Lipinski definition) is 5. The van der Waals surface area contributed by atoms with Crippen LogP contribution in [0.3, 0.4) is 0 Å². The van der Waals surface area contributed by atoms with E-state index in [4.69, 9.17) is 0 Å². The smallest absolute Gasteiger partial charge is 0.277 e. The number of hydrogen-bond donors (Lipinski definition) is 0. The maximum Gasteiger partial charge on any atom is 0.277 e. The third kappa shape index (κ3) is 3.05. The van der Waals surface area contributed by atoms with Gasteiger partial charge in [0.15, 0.2) is 0 Å². The van der Waals surface area contributed by atoms with Gasteiger partial charge in [-0.3, -0.25) is 4.79 Å². The number of para-hydroxylation sites is 1. The molecule has 0 radical (unpaired) electrons. The Morgan fingerprint density at radius 2 is 1.85 bits per heavy atom. The van der Waals surface area contributed by atoms with E-state index in [0.29, 0.717) is 11.5 Å². The van der Waals surface area contributed by atoms with E-state index < -0.39 is 0 Å². The van der Waals surface area contributed by atoms with Crippen LogP contribution < -0.4 is 9.80 Å². The molecule has 1 unspecified atom stereocenters. The summed E-state index contributed by atoms with van der Waals surface area (Å²) in [6.07, 6.45) is 0.886. The maximum absolute atomic E-state index is 13.3. The standard InChI is InChI=1S/C20H25N5O/c1-14-12-16-6-4-5-7-18(16)25(14)20(26)17-13-19(22-15(2)21-17)24-10-8-23(3)9-11-24/h4-7,13-14H,8-12H2,1-3H3. The molecule has 4 rings (SSSR count). The van der Waals surface area contributed by atoms with Gasteiger partial charge in [-0.2, -0.15) is 0 Å². The van der Waals surface area contributed by atoms with Crippen LogP contribution in [-0.4, -0.2) is 60.0 Å². The molecule has 3 heterocycles. The van der Waals surface area contributed by atoms with E-state index in [0.717, 1.165) is 44.1 Å². The number of benzene rings is 1. The third-order valence-electron chi connectivity index (χ3n) is 5.30.